The smallest absolute Gasteiger partial charge is 0.309 e. The zero-order chi connectivity index (χ0) is 23.7. The van der Waals surface area contributed by atoms with Crippen molar-refractivity contribution in [1.82, 2.24) is 0 Å². The van der Waals surface area contributed by atoms with Crippen molar-refractivity contribution in [2.75, 3.05) is 6.61 Å². The molecule has 0 saturated carbocycles. The van der Waals surface area contributed by atoms with Crippen molar-refractivity contribution >= 4 is 11.9 Å². The summed E-state index contributed by atoms with van der Waals surface area (Å²) in [6.45, 7) is 5.75. The Morgan fingerprint density at radius 1 is 0.781 bits per heavy atom. The van der Waals surface area contributed by atoms with Gasteiger partial charge in [0.15, 0.2) is 0 Å². The number of carboxylic acid groups (broad SMARTS) is 1. The first-order chi connectivity index (χ1) is 15.6. The molecule has 1 atom stereocenters. The molecule has 0 aromatic rings. The Morgan fingerprint density at radius 2 is 1.22 bits per heavy atom. The molecule has 4 heteroatoms. The Labute approximate surface area is 197 Å². The molecule has 0 heterocycles. The Bertz CT molecular complexity index is 484. The van der Waals surface area contributed by atoms with Crippen molar-refractivity contribution in [1.29, 1.82) is 0 Å². The van der Waals surface area contributed by atoms with E-state index in [0.717, 1.165) is 19.3 Å². The summed E-state index contributed by atoms with van der Waals surface area (Å²) in [6, 6.07) is 0. The number of allylic oxidation sites excluding steroid dienone is 2. The summed E-state index contributed by atoms with van der Waals surface area (Å²) in [5.41, 5.74) is 0. The molecule has 0 radical (unpaired) electrons. The van der Waals surface area contributed by atoms with Gasteiger partial charge in [-0.2, -0.15) is 0 Å². The molecular formula is C28H50O4. The highest BCUT2D eigenvalue weighted by Gasteiger charge is 2.22. The van der Waals surface area contributed by atoms with Crippen LogP contribution in [0.15, 0.2) is 24.8 Å². The van der Waals surface area contributed by atoms with E-state index in [9.17, 15) is 9.59 Å². The first kappa shape index (κ1) is 30.4. The van der Waals surface area contributed by atoms with Gasteiger partial charge in [-0.05, 0) is 26.2 Å². The lowest BCUT2D eigenvalue weighted by molar-refractivity contribution is -0.152. The van der Waals surface area contributed by atoms with Crippen molar-refractivity contribution in [2.45, 2.75) is 129 Å². The quantitative estimate of drug-likeness (QED) is 0.0910. The summed E-state index contributed by atoms with van der Waals surface area (Å²) in [5, 5.41) is 8.99. The monoisotopic (exact) mass is 450 g/mol. The molecule has 0 aromatic carbocycles. The van der Waals surface area contributed by atoms with Crippen molar-refractivity contribution in [3.8, 4) is 0 Å². The second-order valence-corrected chi connectivity index (χ2v) is 9.02. The normalized spacial score (nSPS) is 12.2. The number of esters is 1. The summed E-state index contributed by atoms with van der Waals surface area (Å²) < 4.78 is 5.02. The third-order valence-electron chi connectivity index (χ3n) is 6.01. The van der Waals surface area contributed by atoms with Crippen LogP contribution in [-0.4, -0.2) is 23.7 Å². The van der Waals surface area contributed by atoms with Crippen LogP contribution < -0.4 is 0 Å². The molecule has 0 rings (SSSR count). The SMILES string of the molecule is C=CCOC(=O)C(CCCCCCCCCCCCCCCCCC/C=C/C)CC(=O)O. The summed E-state index contributed by atoms with van der Waals surface area (Å²) in [7, 11) is 0. The van der Waals surface area contributed by atoms with Gasteiger partial charge in [0.25, 0.3) is 0 Å². The predicted molar refractivity (Wildman–Crippen MR) is 135 cm³/mol. The maximum absolute atomic E-state index is 11.9. The minimum atomic E-state index is -0.943. The third-order valence-corrected chi connectivity index (χ3v) is 6.01. The van der Waals surface area contributed by atoms with Crippen LogP contribution in [0, 0.1) is 5.92 Å². The Balaban J connectivity index is 3.42. The Kier molecular flexibility index (Phi) is 22.9. The summed E-state index contributed by atoms with van der Waals surface area (Å²) in [5.74, 6) is -1.88. The van der Waals surface area contributed by atoms with Crippen molar-refractivity contribution < 1.29 is 19.4 Å². The standard InChI is InChI=1S/C28H50O4/c1-3-5-6-7-8-9-10-11-12-13-14-15-16-17-18-19-20-21-22-23-26(25-27(29)30)28(31)32-24-4-2/h3-5,26H,2,6-25H2,1H3,(H,29,30)/b5-3+. The van der Waals surface area contributed by atoms with E-state index in [-0.39, 0.29) is 13.0 Å². The maximum atomic E-state index is 11.9. The minimum Gasteiger partial charge on any atom is -0.481 e. The zero-order valence-electron chi connectivity index (χ0n) is 20.8. The fourth-order valence-electron chi connectivity index (χ4n) is 4.07. The van der Waals surface area contributed by atoms with Crippen LogP contribution in [0.5, 0.6) is 0 Å². The summed E-state index contributed by atoms with van der Waals surface area (Å²) in [6.07, 6.45) is 28.4. The van der Waals surface area contributed by atoms with Gasteiger partial charge in [0, 0.05) is 0 Å². The van der Waals surface area contributed by atoms with E-state index in [4.69, 9.17) is 9.84 Å². The number of carboxylic acids is 1. The minimum absolute atomic E-state index is 0.145. The van der Waals surface area contributed by atoms with Gasteiger partial charge < -0.3 is 9.84 Å². The number of hydrogen-bond acceptors (Lipinski definition) is 3. The van der Waals surface area contributed by atoms with E-state index < -0.39 is 17.9 Å². The lowest BCUT2D eigenvalue weighted by Gasteiger charge is -2.13. The van der Waals surface area contributed by atoms with Crippen LogP contribution in [0.1, 0.15) is 129 Å². The van der Waals surface area contributed by atoms with Crippen LogP contribution in [-0.2, 0) is 14.3 Å². The first-order valence-electron chi connectivity index (χ1n) is 13.2. The highest BCUT2D eigenvalue weighted by atomic mass is 16.5. The topological polar surface area (TPSA) is 63.6 Å². The number of ether oxygens (including phenoxy) is 1. The van der Waals surface area contributed by atoms with Crippen LogP contribution in [0.3, 0.4) is 0 Å². The molecular weight excluding hydrogens is 400 g/mol. The molecule has 1 N–H and O–H groups in total. The van der Waals surface area contributed by atoms with Crippen molar-refractivity contribution in [3.63, 3.8) is 0 Å². The molecule has 0 fully saturated rings. The largest absolute Gasteiger partial charge is 0.481 e. The molecule has 0 saturated heterocycles. The van der Waals surface area contributed by atoms with Crippen LogP contribution in [0.25, 0.3) is 0 Å². The predicted octanol–water partition coefficient (Wildman–Crippen LogP) is 8.40. The highest BCUT2D eigenvalue weighted by Crippen LogP contribution is 2.18. The second-order valence-electron chi connectivity index (χ2n) is 9.02. The number of carbonyl (C=O) groups excluding carboxylic acids is 1. The van der Waals surface area contributed by atoms with E-state index in [0.29, 0.717) is 6.42 Å². The number of carbonyl (C=O) groups is 2. The van der Waals surface area contributed by atoms with E-state index in [1.54, 1.807) is 0 Å². The summed E-state index contributed by atoms with van der Waals surface area (Å²) >= 11 is 0. The molecule has 0 aliphatic carbocycles. The molecule has 0 bridgehead atoms. The van der Waals surface area contributed by atoms with Gasteiger partial charge in [-0.15, -0.1) is 0 Å². The fraction of sp³-hybridized carbons (Fsp3) is 0.786. The number of hydrogen-bond donors (Lipinski definition) is 1. The highest BCUT2D eigenvalue weighted by molar-refractivity contribution is 5.79. The van der Waals surface area contributed by atoms with E-state index in [1.165, 1.54) is 96.0 Å². The average molecular weight is 451 g/mol. The van der Waals surface area contributed by atoms with E-state index in [1.807, 2.05) is 0 Å². The molecule has 0 aliphatic heterocycles. The number of rotatable bonds is 24. The maximum Gasteiger partial charge on any atom is 0.309 e. The van der Waals surface area contributed by atoms with Crippen molar-refractivity contribution in [3.05, 3.63) is 24.8 Å². The van der Waals surface area contributed by atoms with Gasteiger partial charge >= 0.3 is 11.9 Å². The van der Waals surface area contributed by atoms with Crippen LogP contribution in [0.4, 0.5) is 0 Å². The van der Waals surface area contributed by atoms with E-state index >= 15 is 0 Å². The number of aliphatic carboxylic acids is 1. The fourth-order valence-corrected chi connectivity index (χ4v) is 4.07. The molecule has 32 heavy (non-hydrogen) atoms. The average Bonchev–Trinajstić information content (AvgIpc) is 2.77. The van der Waals surface area contributed by atoms with Gasteiger partial charge in [0.05, 0.1) is 12.3 Å². The van der Waals surface area contributed by atoms with Crippen molar-refractivity contribution in [2.24, 2.45) is 5.92 Å². The second kappa shape index (κ2) is 24.1. The molecule has 0 spiro atoms. The zero-order valence-corrected chi connectivity index (χ0v) is 20.8. The molecule has 1 unspecified atom stereocenters. The number of unbranched alkanes of at least 4 members (excludes halogenated alkanes) is 16. The van der Waals surface area contributed by atoms with Gasteiger partial charge in [-0.3, -0.25) is 9.59 Å². The third kappa shape index (κ3) is 21.6. The molecule has 186 valence electrons. The van der Waals surface area contributed by atoms with Crippen LogP contribution in [0.2, 0.25) is 0 Å². The Morgan fingerprint density at radius 3 is 1.62 bits per heavy atom. The summed E-state index contributed by atoms with van der Waals surface area (Å²) in [4.78, 5) is 22.9. The van der Waals surface area contributed by atoms with Gasteiger partial charge in [-0.1, -0.05) is 121 Å². The molecule has 0 aliphatic rings. The van der Waals surface area contributed by atoms with Gasteiger partial charge in [0.2, 0.25) is 0 Å². The van der Waals surface area contributed by atoms with Gasteiger partial charge in [0.1, 0.15) is 6.61 Å². The lowest BCUT2D eigenvalue weighted by Crippen LogP contribution is -2.21. The molecule has 0 amide bonds. The van der Waals surface area contributed by atoms with Gasteiger partial charge in [-0.25, -0.2) is 0 Å². The first-order valence-corrected chi connectivity index (χ1v) is 13.2. The van der Waals surface area contributed by atoms with E-state index in [2.05, 4.69) is 25.7 Å². The lowest BCUT2D eigenvalue weighted by atomic mass is 9.97. The molecule has 4 nitrogen and oxygen atoms in total. The molecule has 0 aromatic heterocycles. The Hall–Kier alpha value is -1.58. The van der Waals surface area contributed by atoms with Crippen LogP contribution >= 0.6 is 0 Å².